The van der Waals surface area contributed by atoms with Gasteiger partial charge >= 0.3 is 0 Å². The summed E-state index contributed by atoms with van der Waals surface area (Å²) in [6.45, 7) is 10.1. The van der Waals surface area contributed by atoms with E-state index in [0.717, 1.165) is 12.8 Å². The summed E-state index contributed by atoms with van der Waals surface area (Å²) in [6.07, 6.45) is 1.49. The molecule has 7 heteroatoms. The lowest BCUT2D eigenvalue weighted by molar-refractivity contribution is -0.126. The van der Waals surface area contributed by atoms with Crippen molar-refractivity contribution in [1.29, 1.82) is 0 Å². The summed E-state index contributed by atoms with van der Waals surface area (Å²) in [5.41, 5.74) is 0. The predicted molar refractivity (Wildman–Crippen MR) is 84.0 cm³/mol. The second kappa shape index (κ2) is 8.10. The molecule has 1 rings (SSSR count). The predicted octanol–water partition coefficient (Wildman–Crippen LogP) is 1.06. The lowest BCUT2D eigenvalue weighted by Crippen LogP contribution is -2.50. The molecule has 0 aromatic heterocycles. The van der Waals surface area contributed by atoms with Gasteiger partial charge in [-0.2, -0.15) is 17.0 Å². The van der Waals surface area contributed by atoms with E-state index in [-0.39, 0.29) is 11.8 Å². The van der Waals surface area contributed by atoms with Gasteiger partial charge in [0.2, 0.25) is 5.91 Å². The van der Waals surface area contributed by atoms with Crippen LogP contribution in [0.25, 0.3) is 0 Å². The standard InChI is InChI=1S/C14H29N3O3S/c1-5-16(6-2)21(19,20)17-9-7-8-13(11-17)14(18)15-10-12(3)4/h12-13H,5-11H2,1-4H3,(H,15,18)/t13-/m1/s1. The summed E-state index contributed by atoms with van der Waals surface area (Å²) in [7, 11) is -3.44. The molecule has 0 spiro atoms. The van der Waals surface area contributed by atoms with Crippen molar-refractivity contribution in [2.24, 2.45) is 11.8 Å². The highest BCUT2D eigenvalue weighted by atomic mass is 32.2. The van der Waals surface area contributed by atoms with E-state index in [9.17, 15) is 13.2 Å². The van der Waals surface area contributed by atoms with E-state index in [1.165, 1.54) is 8.61 Å². The van der Waals surface area contributed by atoms with E-state index in [0.29, 0.717) is 38.6 Å². The largest absolute Gasteiger partial charge is 0.356 e. The van der Waals surface area contributed by atoms with Crippen LogP contribution in [0.2, 0.25) is 0 Å². The fourth-order valence-electron chi connectivity index (χ4n) is 2.53. The highest BCUT2D eigenvalue weighted by molar-refractivity contribution is 7.86. The van der Waals surface area contributed by atoms with Gasteiger partial charge in [0.25, 0.3) is 10.2 Å². The molecule has 1 saturated heterocycles. The van der Waals surface area contributed by atoms with E-state index in [2.05, 4.69) is 5.32 Å². The number of nitrogens with zero attached hydrogens (tertiary/aromatic N) is 2. The van der Waals surface area contributed by atoms with Gasteiger partial charge in [-0.15, -0.1) is 0 Å². The highest BCUT2D eigenvalue weighted by Crippen LogP contribution is 2.21. The molecule has 21 heavy (non-hydrogen) atoms. The summed E-state index contributed by atoms with van der Waals surface area (Å²) in [6, 6.07) is 0. The molecule has 1 N–H and O–H groups in total. The Morgan fingerprint density at radius 1 is 1.33 bits per heavy atom. The number of piperidine rings is 1. The fourth-order valence-corrected chi connectivity index (χ4v) is 4.24. The fraction of sp³-hybridized carbons (Fsp3) is 0.929. The van der Waals surface area contributed by atoms with E-state index >= 15 is 0 Å². The molecule has 6 nitrogen and oxygen atoms in total. The van der Waals surface area contributed by atoms with E-state index in [4.69, 9.17) is 0 Å². The van der Waals surface area contributed by atoms with Crippen LogP contribution in [-0.4, -0.2) is 55.7 Å². The molecule has 0 radical (unpaired) electrons. The van der Waals surface area contributed by atoms with Gasteiger partial charge in [-0.3, -0.25) is 4.79 Å². The zero-order chi connectivity index (χ0) is 16.0. The van der Waals surface area contributed by atoms with Crippen LogP contribution in [0.1, 0.15) is 40.5 Å². The SMILES string of the molecule is CCN(CC)S(=O)(=O)N1CCC[C@@H](C(=O)NCC(C)C)C1. The Morgan fingerprint density at radius 2 is 1.95 bits per heavy atom. The lowest BCUT2D eigenvalue weighted by Gasteiger charge is -2.34. The number of carbonyl (C=O) groups excluding carboxylic acids is 1. The van der Waals surface area contributed by atoms with Crippen LogP contribution in [0.5, 0.6) is 0 Å². The molecule has 0 unspecified atom stereocenters. The first-order chi connectivity index (χ1) is 9.82. The van der Waals surface area contributed by atoms with Gasteiger partial charge in [0, 0.05) is 32.7 Å². The number of hydrogen-bond donors (Lipinski definition) is 1. The van der Waals surface area contributed by atoms with Gasteiger partial charge in [0.05, 0.1) is 5.92 Å². The minimum absolute atomic E-state index is 0.0249. The van der Waals surface area contributed by atoms with Crippen LogP contribution < -0.4 is 5.32 Å². The van der Waals surface area contributed by atoms with E-state index in [1.54, 1.807) is 0 Å². The van der Waals surface area contributed by atoms with Crippen molar-refractivity contribution in [2.75, 3.05) is 32.7 Å². The summed E-state index contributed by atoms with van der Waals surface area (Å²) in [4.78, 5) is 12.1. The van der Waals surface area contributed by atoms with Gasteiger partial charge in [0.1, 0.15) is 0 Å². The van der Waals surface area contributed by atoms with E-state index in [1.807, 2.05) is 27.7 Å². The summed E-state index contributed by atoms with van der Waals surface area (Å²) in [5.74, 6) is 0.138. The average Bonchev–Trinajstić information content (AvgIpc) is 2.45. The third-order valence-corrected chi connectivity index (χ3v) is 5.95. The molecule has 1 amide bonds. The van der Waals surface area contributed by atoms with Crippen molar-refractivity contribution in [3.05, 3.63) is 0 Å². The number of amides is 1. The van der Waals surface area contributed by atoms with Crippen molar-refractivity contribution in [3.63, 3.8) is 0 Å². The van der Waals surface area contributed by atoms with Gasteiger partial charge in [-0.1, -0.05) is 27.7 Å². The Balaban J connectivity index is 2.69. The molecular weight excluding hydrogens is 290 g/mol. The van der Waals surface area contributed by atoms with Crippen LogP contribution in [0.4, 0.5) is 0 Å². The topological polar surface area (TPSA) is 69.7 Å². The number of hydrogen-bond acceptors (Lipinski definition) is 3. The first-order valence-electron chi connectivity index (χ1n) is 7.85. The molecule has 1 aliphatic heterocycles. The number of carbonyl (C=O) groups is 1. The lowest BCUT2D eigenvalue weighted by atomic mass is 9.98. The van der Waals surface area contributed by atoms with Crippen molar-refractivity contribution in [3.8, 4) is 0 Å². The molecule has 1 atom stereocenters. The van der Waals surface area contributed by atoms with Crippen molar-refractivity contribution in [1.82, 2.24) is 13.9 Å². The first-order valence-corrected chi connectivity index (χ1v) is 9.25. The molecule has 124 valence electrons. The Bertz CT molecular complexity index is 433. The zero-order valence-corrected chi connectivity index (χ0v) is 14.4. The van der Waals surface area contributed by atoms with Crippen LogP contribution >= 0.6 is 0 Å². The molecule has 0 aliphatic carbocycles. The van der Waals surface area contributed by atoms with Gasteiger partial charge in [0.15, 0.2) is 0 Å². The Kier molecular flexibility index (Phi) is 7.09. The number of nitrogens with one attached hydrogen (secondary N) is 1. The van der Waals surface area contributed by atoms with Crippen molar-refractivity contribution < 1.29 is 13.2 Å². The van der Waals surface area contributed by atoms with Crippen molar-refractivity contribution in [2.45, 2.75) is 40.5 Å². The van der Waals surface area contributed by atoms with Crippen molar-refractivity contribution >= 4 is 16.1 Å². The Morgan fingerprint density at radius 3 is 2.48 bits per heavy atom. The van der Waals surface area contributed by atoms with Gasteiger partial charge in [-0.05, 0) is 18.8 Å². The molecule has 1 fully saturated rings. The first kappa shape index (κ1) is 18.4. The van der Waals surface area contributed by atoms with Crippen LogP contribution in [0, 0.1) is 11.8 Å². The molecule has 1 aliphatic rings. The average molecular weight is 319 g/mol. The maximum atomic E-state index is 12.5. The van der Waals surface area contributed by atoms with Gasteiger partial charge in [-0.25, -0.2) is 0 Å². The van der Waals surface area contributed by atoms with Crippen LogP contribution in [0.15, 0.2) is 0 Å². The molecule has 1 heterocycles. The summed E-state index contributed by atoms with van der Waals surface area (Å²) >= 11 is 0. The smallest absolute Gasteiger partial charge is 0.281 e. The number of rotatable bonds is 7. The Labute approximate surface area is 129 Å². The molecule has 0 saturated carbocycles. The quantitative estimate of drug-likeness (QED) is 0.763. The second-order valence-electron chi connectivity index (χ2n) is 5.93. The van der Waals surface area contributed by atoms with Crippen LogP contribution in [-0.2, 0) is 15.0 Å². The zero-order valence-electron chi connectivity index (χ0n) is 13.6. The normalized spacial score (nSPS) is 21.0. The second-order valence-corrected chi connectivity index (χ2v) is 7.86. The molecular formula is C14H29N3O3S. The molecule has 0 bridgehead atoms. The molecule has 0 aromatic rings. The third kappa shape index (κ3) is 4.93. The highest BCUT2D eigenvalue weighted by Gasteiger charge is 2.34. The minimum atomic E-state index is -3.44. The third-order valence-electron chi connectivity index (χ3n) is 3.80. The Hall–Kier alpha value is -0.660. The summed E-state index contributed by atoms with van der Waals surface area (Å²) < 4.78 is 27.9. The van der Waals surface area contributed by atoms with Crippen LogP contribution in [0.3, 0.4) is 0 Å². The molecule has 0 aromatic carbocycles. The maximum Gasteiger partial charge on any atom is 0.281 e. The van der Waals surface area contributed by atoms with E-state index < -0.39 is 10.2 Å². The minimum Gasteiger partial charge on any atom is -0.356 e. The maximum absolute atomic E-state index is 12.5. The monoisotopic (exact) mass is 319 g/mol. The summed E-state index contributed by atoms with van der Waals surface area (Å²) in [5, 5.41) is 2.91. The van der Waals surface area contributed by atoms with Gasteiger partial charge < -0.3 is 5.32 Å².